The molecule has 0 amide bonds. The molecule has 0 saturated heterocycles. The van der Waals surface area contributed by atoms with Crippen molar-refractivity contribution in [1.82, 2.24) is 9.97 Å². The Balaban J connectivity index is 2.58. The second-order valence-electron chi connectivity index (χ2n) is 3.12. The van der Waals surface area contributed by atoms with Crippen molar-refractivity contribution in [2.45, 2.75) is 6.18 Å². The standard InChI is InChI=1S/C11H7F3N2/c12-11(13,14)10-9(15-6-7-16-10)8-4-2-1-3-5-8/h1-7H. The molecule has 0 N–H and O–H groups in total. The number of halogens is 3. The van der Waals surface area contributed by atoms with Gasteiger partial charge in [0.05, 0.1) is 0 Å². The Morgan fingerprint density at radius 3 is 2.12 bits per heavy atom. The van der Waals surface area contributed by atoms with Crippen LogP contribution in [-0.4, -0.2) is 9.97 Å². The number of nitrogens with zero attached hydrogens (tertiary/aromatic N) is 2. The summed E-state index contributed by atoms with van der Waals surface area (Å²) in [6.45, 7) is 0. The molecule has 2 rings (SSSR count). The van der Waals surface area contributed by atoms with Crippen LogP contribution in [0.4, 0.5) is 13.2 Å². The average molecular weight is 224 g/mol. The third kappa shape index (κ3) is 2.03. The van der Waals surface area contributed by atoms with Crippen molar-refractivity contribution in [3.05, 3.63) is 48.4 Å². The van der Waals surface area contributed by atoms with Crippen molar-refractivity contribution >= 4 is 0 Å². The molecule has 5 heteroatoms. The van der Waals surface area contributed by atoms with E-state index in [-0.39, 0.29) is 5.69 Å². The summed E-state index contributed by atoms with van der Waals surface area (Å²) in [5.74, 6) is 0. The maximum absolute atomic E-state index is 12.6. The molecule has 1 heterocycles. The van der Waals surface area contributed by atoms with Crippen LogP contribution in [0.2, 0.25) is 0 Å². The van der Waals surface area contributed by atoms with Crippen LogP contribution in [0.1, 0.15) is 5.69 Å². The van der Waals surface area contributed by atoms with Crippen LogP contribution < -0.4 is 0 Å². The lowest BCUT2D eigenvalue weighted by atomic mass is 10.1. The molecule has 16 heavy (non-hydrogen) atoms. The Labute approximate surface area is 89.8 Å². The topological polar surface area (TPSA) is 25.8 Å². The first-order valence-electron chi connectivity index (χ1n) is 4.52. The molecule has 2 aromatic rings. The van der Waals surface area contributed by atoms with E-state index in [0.29, 0.717) is 5.56 Å². The molecular weight excluding hydrogens is 217 g/mol. The lowest BCUT2D eigenvalue weighted by Gasteiger charge is -2.09. The van der Waals surface area contributed by atoms with Crippen LogP contribution in [0.3, 0.4) is 0 Å². The molecule has 82 valence electrons. The molecule has 0 aliphatic rings. The fourth-order valence-corrected chi connectivity index (χ4v) is 1.35. The number of benzene rings is 1. The molecule has 0 fully saturated rings. The fourth-order valence-electron chi connectivity index (χ4n) is 1.35. The van der Waals surface area contributed by atoms with E-state index in [4.69, 9.17) is 0 Å². The van der Waals surface area contributed by atoms with Crippen LogP contribution in [0.5, 0.6) is 0 Å². The van der Waals surface area contributed by atoms with Gasteiger partial charge in [-0.25, -0.2) is 4.98 Å². The summed E-state index contributed by atoms with van der Waals surface area (Å²) in [5.41, 5.74) is -0.695. The molecule has 0 radical (unpaired) electrons. The third-order valence-corrected chi connectivity index (χ3v) is 2.01. The van der Waals surface area contributed by atoms with Crippen molar-refractivity contribution in [2.24, 2.45) is 0 Å². The lowest BCUT2D eigenvalue weighted by molar-refractivity contribution is -0.140. The highest BCUT2D eigenvalue weighted by Crippen LogP contribution is 2.33. The van der Waals surface area contributed by atoms with Gasteiger partial charge in [0.1, 0.15) is 5.69 Å². The first-order valence-corrected chi connectivity index (χ1v) is 4.52. The van der Waals surface area contributed by atoms with Gasteiger partial charge in [0, 0.05) is 18.0 Å². The van der Waals surface area contributed by atoms with Crippen LogP contribution in [0, 0.1) is 0 Å². The predicted octanol–water partition coefficient (Wildman–Crippen LogP) is 3.16. The molecule has 0 aliphatic carbocycles. The highest BCUT2D eigenvalue weighted by atomic mass is 19.4. The van der Waals surface area contributed by atoms with Crippen molar-refractivity contribution in [3.8, 4) is 11.3 Å². The van der Waals surface area contributed by atoms with Gasteiger partial charge in [-0.2, -0.15) is 13.2 Å². The zero-order valence-corrected chi connectivity index (χ0v) is 8.07. The number of hydrogen-bond acceptors (Lipinski definition) is 2. The molecular formula is C11H7F3N2. The quantitative estimate of drug-likeness (QED) is 0.743. The second kappa shape index (κ2) is 3.92. The Kier molecular flexibility index (Phi) is 2.60. The molecule has 0 aliphatic heterocycles. The zero-order chi connectivity index (χ0) is 11.6. The number of alkyl halides is 3. The van der Waals surface area contributed by atoms with Crippen molar-refractivity contribution < 1.29 is 13.2 Å². The summed E-state index contributed by atoms with van der Waals surface area (Å²) in [6.07, 6.45) is -2.20. The normalized spacial score (nSPS) is 11.4. The molecule has 0 atom stereocenters. The molecule has 0 spiro atoms. The van der Waals surface area contributed by atoms with Gasteiger partial charge in [0.25, 0.3) is 0 Å². The van der Waals surface area contributed by atoms with Crippen molar-refractivity contribution in [2.75, 3.05) is 0 Å². The van der Waals surface area contributed by atoms with Crippen molar-refractivity contribution in [3.63, 3.8) is 0 Å². The number of aromatic nitrogens is 2. The van der Waals surface area contributed by atoms with Gasteiger partial charge >= 0.3 is 6.18 Å². The van der Waals surface area contributed by atoms with E-state index < -0.39 is 11.9 Å². The van der Waals surface area contributed by atoms with Gasteiger partial charge in [-0.05, 0) is 0 Å². The maximum atomic E-state index is 12.6. The van der Waals surface area contributed by atoms with Crippen LogP contribution in [0.25, 0.3) is 11.3 Å². The van der Waals surface area contributed by atoms with Gasteiger partial charge < -0.3 is 0 Å². The lowest BCUT2D eigenvalue weighted by Crippen LogP contribution is -2.10. The van der Waals surface area contributed by atoms with E-state index >= 15 is 0 Å². The van der Waals surface area contributed by atoms with E-state index in [0.717, 1.165) is 6.20 Å². The first-order chi connectivity index (χ1) is 7.59. The van der Waals surface area contributed by atoms with E-state index in [9.17, 15) is 13.2 Å². The Hall–Kier alpha value is -1.91. The van der Waals surface area contributed by atoms with Gasteiger partial charge in [-0.15, -0.1) is 0 Å². The smallest absolute Gasteiger partial charge is 0.252 e. The molecule has 0 bridgehead atoms. The van der Waals surface area contributed by atoms with Gasteiger partial charge in [-0.1, -0.05) is 30.3 Å². The Bertz CT molecular complexity index is 480. The summed E-state index contributed by atoms with van der Waals surface area (Å²) in [6, 6.07) is 8.18. The first kappa shape index (κ1) is 10.6. The number of rotatable bonds is 1. The van der Waals surface area contributed by atoms with Crippen LogP contribution in [-0.2, 0) is 6.18 Å². The summed E-state index contributed by atoms with van der Waals surface area (Å²) in [7, 11) is 0. The SMILES string of the molecule is FC(F)(F)c1nccnc1-c1ccccc1. The van der Waals surface area contributed by atoms with E-state index in [1.54, 1.807) is 30.3 Å². The Morgan fingerprint density at radius 1 is 0.875 bits per heavy atom. The molecule has 1 aromatic heterocycles. The van der Waals surface area contributed by atoms with E-state index in [1.807, 2.05) is 0 Å². The van der Waals surface area contributed by atoms with Crippen LogP contribution in [0.15, 0.2) is 42.7 Å². The molecule has 0 saturated carbocycles. The minimum absolute atomic E-state index is 0.143. The fraction of sp³-hybridized carbons (Fsp3) is 0.0909. The Morgan fingerprint density at radius 2 is 1.50 bits per heavy atom. The van der Waals surface area contributed by atoms with Crippen molar-refractivity contribution in [1.29, 1.82) is 0 Å². The highest BCUT2D eigenvalue weighted by Gasteiger charge is 2.36. The summed E-state index contributed by atoms with van der Waals surface area (Å²) >= 11 is 0. The predicted molar refractivity (Wildman–Crippen MR) is 52.5 cm³/mol. The van der Waals surface area contributed by atoms with Gasteiger partial charge in [0.15, 0.2) is 5.69 Å². The minimum Gasteiger partial charge on any atom is -0.252 e. The minimum atomic E-state index is -4.49. The largest absolute Gasteiger partial charge is 0.435 e. The monoisotopic (exact) mass is 224 g/mol. The number of hydrogen-bond donors (Lipinski definition) is 0. The summed E-state index contributed by atoms with van der Waals surface area (Å²) < 4.78 is 37.9. The second-order valence-corrected chi connectivity index (χ2v) is 3.12. The molecule has 1 aromatic carbocycles. The van der Waals surface area contributed by atoms with Gasteiger partial charge in [-0.3, -0.25) is 4.98 Å². The summed E-state index contributed by atoms with van der Waals surface area (Å²) in [5, 5.41) is 0. The van der Waals surface area contributed by atoms with Crippen LogP contribution >= 0.6 is 0 Å². The summed E-state index contributed by atoms with van der Waals surface area (Å²) in [4.78, 5) is 7.07. The molecule has 2 nitrogen and oxygen atoms in total. The zero-order valence-electron chi connectivity index (χ0n) is 8.07. The van der Waals surface area contributed by atoms with E-state index in [1.165, 1.54) is 6.20 Å². The average Bonchev–Trinajstić information content (AvgIpc) is 2.29. The van der Waals surface area contributed by atoms with Gasteiger partial charge in [0.2, 0.25) is 0 Å². The molecule has 0 unspecified atom stereocenters. The third-order valence-electron chi connectivity index (χ3n) is 2.01. The highest BCUT2D eigenvalue weighted by molar-refractivity contribution is 5.61. The van der Waals surface area contributed by atoms with E-state index in [2.05, 4.69) is 9.97 Å². The maximum Gasteiger partial charge on any atom is 0.435 e.